The Morgan fingerprint density at radius 2 is 2.10 bits per heavy atom. The molecule has 2 heterocycles. The standard InChI is InChI=1S/C13H17N3O2S2/c14-7-1-4-10-19-13-6-5-12(11-15-13)20(17,18)16-8-2-3-9-16/h5-6,11H,1-4,8-10H2. The number of hydrogen-bond acceptors (Lipinski definition) is 5. The van der Waals surface area contributed by atoms with Crippen LogP contribution in [-0.4, -0.2) is 36.5 Å². The molecule has 0 aliphatic carbocycles. The fourth-order valence-corrected chi connectivity index (χ4v) is 4.26. The normalized spacial score (nSPS) is 16.1. The number of pyridine rings is 1. The van der Waals surface area contributed by atoms with Crippen LogP contribution in [-0.2, 0) is 10.0 Å². The predicted octanol–water partition coefficient (Wildman–Crippen LogP) is 2.26. The van der Waals surface area contributed by atoms with Gasteiger partial charge in [0.15, 0.2) is 0 Å². The molecule has 2 rings (SSSR count). The number of hydrogen-bond donors (Lipinski definition) is 0. The monoisotopic (exact) mass is 311 g/mol. The molecule has 1 fully saturated rings. The van der Waals surface area contributed by atoms with Gasteiger partial charge in [0.05, 0.1) is 11.1 Å². The summed E-state index contributed by atoms with van der Waals surface area (Å²) in [5.74, 6) is 0.818. The minimum absolute atomic E-state index is 0.265. The van der Waals surface area contributed by atoms with Crippen LogP contribution in [0.5, 0.6) is 0 Å². The van der Waals surface area contributed by atoms with Crippen LogP contribution in [0.1, 0.15) is 25.7 Å². The highest BCUT2D eigenvalue weighted by Gasteiger charge is 2.27. The first kappa shape index (κ1) is 15.3. The lowest BCUT2D eigenvalue weighted by Gasteiger charge is -2.15. The van der Waals surface area contributed by atoms with Crippen molar-refractivity contribution < 1.29 is 8.42 Å². The van der Waals surface area contributed by atoms with Gasteiger partial charge in [0.1, 0.15) is 4.90 Å². The summed E-state index contributed by atoms with van der Waals surface area (Å²) >= 11 is 1.54. The minimum Gasteiger partial charge on any atom is -0.249 e. The Morgan fingerprint density at radius 3 is 2.70 bits per heavy atom. The average molecular weight is 311 g/mol. The summed E-state index contributed by atoms with van der Waals surface area (Å²) in [4.78, 5) is 4.45. The number of rotatable bonds is 6. The summed E-state index contributed by atoms with van der Waals surface area (Å²) < 4.78 is 26.1. The summed E-state index contributed by atoms with van der Waals surface area (Å²) in [5, 5.41) is 9.24. The van der Waals surface area contributed by atoms with Crippen molar-refractivity contribution in [3.63, 3.8) is 0 Å². The Morgan fingerprint density at radius 1 is 1.35 bits per heavy atom. The van der Waals surface area contributed by atoms with Gasteiger partial charge in [-0.05, 0) is 31.4 Å². The van der Waals surface area contributed by atoms with E-state index < -0.39 is 10.0 Å². The quantitative estimate of drug-likeness (QED) is 0.595. The van der Waals surface area contributed by atoms with Crippen LogP contribution in [0, 0.1) is 11.3 Å². The second-order valence-corrected chi connectivity index (χ2v) is 7.61. The van der Waals surface area contributed by atoms with Gasteiger partial charge in [-0.2, -0.15) is 9.57 Å². The zero-order chi connectivity index (χ0) is 14.4. The minimum atomic E-state index is -3.37. The van der Waals surface area contributed by atoms with Crippen LogP contribution in [0.25, 0.3) is 0 Å². The van der Waals surface area contributed by atoms with Gasteiger partial charge in [-0.1, -0.05) is 0 Å². The third-order valence-corrected chi connectivity index (χ3v) is 6.01. The van der Waals surface area contributed by atoms with E-state index >= 15 is 0 Å². The maximum atomic E-state index is 12.3. The molecule has 0 N–H and O–H groups in total. The first-order valence-electron chi connectivity index (χ1n) is 6.60. The Hall–Kier alpha value is -1.10. The first-order chi connectivity index (χ1) is 9.64. The summed E-state index contributed by atoms with van der Waals surface area (Å²) in [6.45, 7) is 1.21. The zero-order valence-corrected chi connectivity index (χ0v) is 12.8. The summed E-state index contributed by atoms with van der Waals surface area (Å²) in [6, 6.07) is 5.45. The van der Waals surface area contributed by atoms with Gasteiger partial charge in [0, 0.05) is 31.5 Å². The average Bonchev–Trinajstić information content (AvgIpc) is 2.99. The Labute approximate surface area is 124 Å². The zero-order valence-electron chi connectivity index (χ0n) is 11.2. The van der Waals surface area contributed by atoms with Crippen LogP contribution < -0.4 is 0 Å². The molecule has 1 aliphatic rings. The van der Waals surface area contributed by atoms with Gasteiger partial charge in [0.25, 0.3) is 0 Å². The van der Waals surface area contributed by atoms with Gasteiger partial charge in [0.2, 0.25) is 10.0 Å². The first-order valence-corrected chi connectivity index (χ1v) is 9.03. The molecule has 1 aliphatic heterocycles. The van der Waals surface area contributed by atoms with E-state index in [1.807, 2.05) is 0 Å². The number of unbranched alkanes of at least 4 members (excludes halogenated alkanes) is 1. The van der Waals surface area contributed by atoms with Crippen molar-refractivity contribution >= 4 is 21.8 Å². The van der Waals surface area contributed by atoms with Crippen molar-refractivity contribution in [2.45, 2.75) is 35.6 Å². The summed E-state index contributed by atoms with van der Waals surface area (Å²) in [5.41, 5.74) is 0. The van der Waals surface area contributed by atoms with E-state index in [1.165, 1.54) is 10.5 Å². The Kier molecular flexibility index (Phi) is 5.40. The second kappa shape index (κ2) is 7.07. The molecule has 0 bridgehead atoms. The van der Waals surface area contributed by atoms with E-state index in [0.717, 1.165) is 30.0 Å². The Balaban J connectivity index is 1.99. The van der Waals surface area contributed by atoms with Crippen LogP contribution in [0.15, 0.2) is 28.3 Å². The van der Waals surface area contributed by atoms with E-state index in [2.05, 4.69) is 11.1 Å². The van der Waals surface area contributed by atoms with E-state index in [9.17, 15) is 8.42 Å². The van der Waals surface area contributed by atoms with Crippen LogP contribution in [0.4, 0.5) is 0 Å². The molecule has 1 aromatic rings. The molecule has 108 valence electrons. The highest BCUT2D eigenvalue weighted by atomic mass is 32.2. The fraction of sp³-hybridized carbons (Fsp3) is 0.538. The molecule has 1 aromatic heterocycles. The van der Waals surface area contributed by atoms with Gasteiger partial charge in [-0.25, -0.2) is 13.4 Å². The van der Waals surface area contributed by atoms with Crippen molar-refractivity contribution in [3.8, 4) is 6.07 Å². The van der Waals surface area contributed by atoms with Crippen molar-refractivity contribution in [1.82, 2.24) is 9.29 Å². The highest BCUT2D eigenvalue weighted by molar-refractivity contribution is 7.99. The van der Waals surface area contributed by atoms with Crippen LogP contribution >= 0.6 is 11.8 Å². The molecule has 20 heavy (non-hydrogen) atoms. The van der Waals surface area contributed by atoms with E-state index in [0.29, 0.717) is 19.5 Å². The molecule has 0 atom stereocenters. The van der Waals surface area contributed by atoms with E-state index in [1.54, 1.807) is 23.9 Å². The molecule has 5 nitrogen and oxygen atoms in total. The second-order valence-electron chi connectivity index (χ2n) is 4.55. The third-order valence-electron chi connectivity index (χ3n) is 3.09. The number of nitrogens with zero attached hydrogens (tertiary/aromatic N) is 3. The van der Waals surface area contributed by atoms with E-state index in [4.69, 9.17) is 5.26 Å². The van der Waals surface area contributed by atoms with Crippen molar-refractivity contribution in [1.29, 1.82) is 5.26 Å². The number of aromatic nitrogens is 1. The molecule has 1 saturated heterocycles. The van der Waals surface area contributed by atoms with Gasteiger partial charge in [-0.3, -0.25) is 0 Å². The number of sulfonamides is 1. The topological polar surface area (TPSA) is 74.1 Å². The molecule has 7 heteroatoms. The maximum absolute atomic E-state index is 12.3. The van der Waals surface area contributed by atoms with Crippen LogP contribution in [0.2, 0.25) is 0 Å². The molecule has 0 amide bonds. The smallest absolute Gasteiger partial charge is 0.244 e. The maximum Gasteiger partial charge on any atom is 0.244 e. The predicted molar refractivity (Wildman–Crippen MR) is 77.8 cm³/mol. The molecule has 0 aromatic carbocycles. The molecule has 0 spiro atoms. The molecule has 0 saturated carbocycles. The summed E-state index contributed by atoms with van der Waals surface area (Å²) in [6.07, 6.45) is 4.64. The molecule has 0 radical (unpaired) electrons. The summed E-state index contributed by atoms with van der Waals surface area (Å²) in [7, 11) is -3.37. The highest BCUT2D eigenvalue weighted by Crippen LogP contribution is 2.22. The number of nitriles is 1. The van der Waals surface area contributed by atoms with Crippen molar-refractivity contribution in [2.24, 2.45) is 0 Å². The molecular weight excluding hydrogens is 294 g/mol. The third kappa shape index (κ3) is 3.72. The molecule has 0 unspecified atom stereocenters. The molecular formula is C13H17N3O2S2. The number of thioether (sulfide) groups is 1. The largest absolute Gasteiger partial charge is 0.249 e. The fourth-order valence-electron chi connectivity index (χ4n) is 2.01. The van der Waals surface area contributed by atoms with Crippen LogP contribution in [0.3, 0.4) is 0 Å². The lowest BCUT2D eigenvalue weighted by molar-refractivity contribution is 0.477. The van der Waals surface area contributed by atoms with Gasteiger partial charge in [-0.15, -0.1) is 11.8 Å². The van der Waals surface area contributed by atoms with Gasteiger partial charge < -0.3 is 0 Å². The SMILES string of the molecule is N#CCCCSc1ccc(S(=O)(=O)N2CCCC2)cn1. The van der Waals surface area contributed by atoms with E-state index in [-0.39, 0.29) is 4.90 Å². The van der Waals surface area contributed by atoms with Crippen molar-refractivity contribution in [2.75, 3.05) is 18.8 Å². The van der Waals surface area contributed by atoms with Crippen molar-refractivity contribution in [3.05, 3.63) is 18.3 Å². The van der Waals surface area contributed by atoms with Gasteiger partial charge >= 0.3 is 0 Å². The Bertz CT molecular complexity index is 573. The lowest BCUT2D eigenvalue weighted by atomic mass is 10.4. The lowest BCUT2D eigenvalue weighted by Crippen LogP contribution is -2.27.